The van der Waals surface area contributed by atoms with Crippen molar-refractivity contribution in [2.45, 2.75) is 6.18 Å². The van der Waals surface area contributed by atoms with Crippen molar-refractivity contribution < 1.29 is 18.0 Å². The molecule has 1 amide bonds. The molecule has 0 fully saturated rings. The summed E-state index contributed by atoms with van der Waals surface area (Å²) in [5, 5.41) is 11.9. The van der Waals surface area contributed by atoms with E-state index in [0.29, 0.717) is 22.4 Å². The first-order chi connectivity index (χ1) is 17.3. The Labute approximate surface area is 202 Å². The van der Waals surface area contributed by atoms with Crippen LogP contribution in [0.5, 0.6) is 0 Å². The molecule has 0 atom stereocenters. The van der Waals surface area contributed by atoms with Crippen LogP contribution in [0.15, 0.2) is 85.1 Å². The number of benzene rings is 3. The molecule has 3 aromatic carbocycles. The number of hydrogen-bond acceptors (Lipinski definition) is 6. The fraction of sp³-hybridized carbons (Fsp3) is 0.0400. The third-order valence-corrected chi connectivity index (χ3v) is 5.39. The van der Waals surface area contributed by atoms with Gasteiger partial charge in [-0.3, -0.25) is 4.79 Å². The van der Waals surface area contributed by atoms with Crippen LogP contribution < -0.4 is 5.73 Å². The van der Waals surface area contributed by atoms with Gasteiger partial charge in [0.15, 0.2) is 11.6 Å². The Morgan fingerprint density at radius 3 is 2.33 bits per heavy atom. The first-order valence-electron chi connectivity index (χ1n) is 10.6. The Kier molecular flexibility index (Phi) is 5.72. The van der Waals surface area contributed by atoms with Crippen molar-refractivity contribution in [3.05, 3.63) is 96.2 Å². The molecule has 2 aromatic heterocycles. The third-order valence-electron chi connectivity index (χ3n) is 5.39. The Morgan fingerprint density at radius 1 is 0.889 bits per heavy atom. The lowest BCUT2D eigenvalue weighted by atomic mass is 10.0. The highest BCUT2D eigenvalue weighted by atomic mass is 19.4. The van der Waals surface area contributed by atoms with Gasteiger partial charge < -0.3 is 5.73 Å². The second-order valence-electron chi connectivity index (χ2n) is 7.73. The average molecular weight is 487 g/mol. The number of amides is 1. The topological polar surface area (TPSA) is 112 Å². The fourth-order valence-electron chi connectivity index (χ4n) is 3.63. The molecular formula is C25H16F3N7O. The molecule has 8 nitrogen and oxygen atoms in total. The highest BCUT2D eigenvalue weighted by molar-refractivity contribution is 5.93. The van der Waals surface area contributed by atoms with Crippen molar-refractivity contribution in [1.82, 2.24) is 30.2 Å². The zero-order valence-electron chi connectivity index (χ0n) is 18.4. The number of para-hydroxylation sites is 1. The minimum atomic E-state index is -4.54. The van der Waals surface area contributed by atoms with Crippen LogP contribution in [0, 0.1) is 0 Å². The minimum Gasteiger partial charge on any atom is -0.366 e. The second-order valence-corrected chi connectivity index (χ2v) is 7.73. The standard InChI is InChI=1S/C25H16F3N7O/c26-25(27,28)18-6-4-5-17(13-18)21-20(24-32-33-34-35(24)19-7-2-1-3-8-19)14-30-23(31-21)16-11-9-15(10-12-16)22(29)36/h1-14H,(H2,29,36). The zero-order valence-corrected chi connectivity index (χ0v) is 18.4. The number of halogens is 3. The van der Waals surface area contributed by atoms with Crippen LogP contribution in [0.1, 0.15) is 15.9 Å². The maximum atomic E-state index is 13.5. The molecular weight excluding hydrogens is 471 g/mol. The van der Waals surface area contributed by atoms with Gasteiger partial charge in [-0.1, -0.05) is 42.5 Å². The van der Waals surface area contributed by atoms with E-state index in [9.17, 15) is 18.0 Å². The Morgan fingerprint density at radius 2 is 1.64 bits per heavy atom. The molecule has 0 spiro atoms. The predicted octanol–water partition coefficient (Wildman–Crippen LogP) is 4.57. The van der Waals surface area contributed by atoms with E-state index in [0.717, 1.165) is 12.1 Å². The molecule has 0 saturated heterocycles. The first-order valence-corrected chi connectivity index (χ1v) is 10.6. The number of tetrazole rings is 1. The van der Waals surface area contributed by atoms with Crippen molar-refractivity contribution in [2.24, 2.45) is 5.73 Å². The van der Waals surface area contributed by atoms with Crippen LogP contribution in [0.3, 0.4) is 0 Å². The summed E-state index contributed by atoms with van der Waals surface area (Å²) in [4.78, 5) is 20.4. The van der Waals surface area contributed by atoms with Crippen molar-refractivity contribution in [3.8, 4) is 39.7 Å². The summed E-state index contributed by atoms with van der Waals surface area (Å²) in [7, 11) is 0. The van der Waals surface area contributed by atoms with Gasteiger partial charge >= 0.3 is 6.18 Å². The summed E-state index contributed by atoms with van der Waals surface area (Å²) < 4.78 is 41.9. The molecule has 0 aliphatic heterocycles. The van der Waals surface area contributed by atoms with Crippen LogP contribution >= 0.6 is 0 Å². The van der Waals surface area contributed by atoms with Gasteiger partial charge in [0.05, 0.1) is 22.5 Å². The van der Waals surface area contributed by atoms with Crippen LogP contribution in [-0.4, -0.2) is 36.1 Å². The summed E-state index contributed by atoms with van der Waals surface area (Å²) in [6, 6.07) is 20.1. The van der Waals surface area contributed by atoms with Gasteiger partial charge in [-0.05, 0) is 46.8 Å². The maximum absolute atomic E-state index is 13.5. The van der Waals surface area contributed by atoms with Gasteiger partial charge in [0.2, 0.25) is 5.91 Å². The molecule has 5 rings (SSSR count). The molecule has 0 aliphatic rings. The van der Waals surface area contributed by atoms with Gasteiger partial charge in [-0.2, -0.15) is 17.9 Å². The number of hydrogen-bond donors (Lipinski definition) is 1. The lowest BCUT2D eigenvalue weighted by Crippen LogP contribution is -2.10. The average Bonchev–Trinajstić information content (AvgIpc) is 3.38. The number of carbonyl (C=O) groups is 1. The molecule has 5 aromatic rings. The van der Waals surface area contributed by atoms with E-state index in [-0.39, 0.29) is 22.9 Å². The highest BCUT2D eigenvalue weighted by Gasteiger charge is 2.31. The van der Waals surface area contributed by atoms with E-state index in [1.165, 1.54) is 35.1 Å². The van der Waals surface area contributed by atoms with Crippen molar-refractivity contribution in [3.63, 3.8) is 0 Å². The van der Waals surface area contributed by atoms with Crippen LogP contribution in [0.25, 0.3) is 39.7 Å². The molecule has 0 aliphatic carbocycles. The Balaban J connectivity index is 1.70. The fourth-order valence-corrected chi connectivity index (χ4v) is 3.63. The van der Waals surface area contributed by atoms with Crippen molar-refractivity contribution in [1.29, 1.82) is 0 Å². The molecule has 0 bridgehead atoms. The normalized spacial score (nSPS) is 11.4. The van der Waals surface area contributed by atoms with E-state index in [2.05, 4.69) is 25.5 Å². The van der Waals surface area contributed by atoms with E-state index < -0.39 is 17.6 Å². The van der Waals surface area contributed by atoms with E-state index in [1.54, 1.807) is 24.3 Å². The van der Waals surface area contributed by atoms with Gasteiger partial charge in [0.1, 0.15) is 0 Å². The number of alkyl halides is 3. The molecule has 0 unspecified atom stereocenters. The van der Waals surface area contributed by atoms with Crippen molar-refractivity contribution >= 4 is 5.91 Å². The first kappa shape index (κ1) is 22.8. The molecule has 2 heterocycles. The predicted molar refractivity (Wildman–Crippen MR) is 125 cm³/mol. The number of nitrogens with two attached hydrogens (primary N) is 1. The molecule has 0 saturated carbocycles. The smallest absolute Gasteiger partial charge is 0.366 e. The second kappa shape index (κ2) is 9.02. The Hall–Kier alpha value is -4.93. The molecule has 178 valence electrons. The summed E-state index contributed by atoms with van der Waals surface area (Å²) in [5.74, 6) is -0.0969. The quantitative estimate of drug-likeness (QED) is 0.389. The highest BCUT2D eigenvalue weighted by Crippen LogP contribution is 2.35. The summed E-state index contributed by atoms with van der Waals surface area (Å²) >= 11 is 0. The van der Waals surface area contributed by atoms with Crippen LogP contribution in [-0.2, 0) is 6.18 Å². The monoisotopic (exact) mass is 487 g/mol. The van der Waals surface area contributed by atoms with Crippen LogP contribution in [0.4, 0.5) is 13.2 Å². The van der Waals surface area contributed by atoms with Gasteiger partial charge in [0, 0.05) is 22.9 Å². The molecule has 2 N–H and O–H groups in total. The summed E-state index contributed by atoms with van der Waals surface area (Å²) in [6.45, 7) is 0. The minimum absolute atomic E-state index is 0.206. The SMILES string of the molecule is NC(=O)c1ccc(-c2ncc(-c3nnnn3-c3ccccc3)c(-c3cccc(C(F)(F)F)c3)n2)cc1. The summed E-state index contributed by atoms with van der Waals surface area (Å²) in [6.07, 6.45) is -3.08. The molecule has 36 heavy (non-hydrogen) atoms. The largest absolute Gasteiger partial charge is 0.416 e. The lowest BCUT2D eigenvalue weighted by Gasteiger charge is -2.13. The van der Waals surface area contributed by atoms with E-state index in [4.69, 9.17) is 5.73 Å². The lowest BCUT2D eigenvalue weighted by molar-refractivity contribution is -0.137. The number of primary amides is 1. The maximum Gasteiger partial charge on any atom is 0.416 e. The zero-order chi connectivity index (χ0) is 25.3. The van der Waals surface area contributed by atoms with Gasteiger partial charge in [-0.25, -0.2) is 9.97 Å². The number of rotatable bonds is 5. The Bertz CT molecular complexity index is 1550. The molecule has 0 radical (unpaired) electrons. The number of nitrogens with zero attached hydrogens (tertiary/aromatic N) is 6. The van der Waals surface area contributed by atoms with Gasteiger partial charge in [-0.15, -0.1) is 5.10 Å². The third kappa shape index (κ3) is 4.41. The number of aromatic nitrogens is 6. The van der Waals surface area contributed by atoms with E-state index >= 15 is 0 Å². The summed E-state index contributed by atoms with van der Waals surface area (Å²) in [5.41, 5.74) is 6.73. The van der Waals surface area contributed by atoms with Gasteiger partial charge in [0.25, 0.3) is 0 Å². The molecule has 11 heteroatoms. The van der Waals surface area contributed by atoms with Crippen LogP contribution in [0.2, 0.25) is 0 Å². The van der Waals surface area contributed by atoms with Crippen molar-refractivity contribution in [2.75, 3.05) is 0 Å². The number of carbonyl (C=O) groups excluding carboxylic acids is 1. The van der Waals surface area contributed by atoms with E-state index in [1.807, 2.05) is 18.2 Å².